The highest BCUT2D eigenvalue weighted by Crippen LogP contribution is 2.13. The molecule has 0 spiro atoms. The van der Waals surface area contributed by atoms with Crippen molar-refractivity contribution in [2.45, 2.75) is 6.54 Å². The highest BCUT2D eigenvalue weighted by atomic mass is 35.5. The first kappa shape index (κ1) is 10.6. The molecule has 0 radical (unpaired) electrons. The zero-order valence-corrected chi connectivity index (χ0v) is 9.05. The third kappa shape index (κ3) is 2.20. The highest BCUT2D eigenvalue weighted by molar-refractivity contribution is 6.31. The van der Waals surface area contributed by atoms with E-state index in [4.69, 9.17) is 17.3 Å². The largest absolute Gasteiger partial charge is 0.397 e. The number of halogens is 1. The van der Waals surface area contributed by atoms with E-state index in [-0.39, 0.29) is 5.56 Å². The highest BCUT2D eigenvalue weighted by Gasteiger charge is 2.03. The lowest BCUT2D eigenvalue weighted by molar-refractivity contribution is 0.640. The van der Waals surface area contributed by atoms with Crippen LogP contribution in [0.5, 0.6) is 0 Å². The Labute approximate surface area is 96.5 Å². The fourth-order valence-corrected chi connectivity index (χ4v) is 1.44. The van der Waals surface area contributed by atoms with Crippen LogP contribution in [0.1, 0.15) is 5.56 Å². The number of nitrogens with zero attached hydrogens (tertiary/aromatic N) is 3. The van der Waals surface area contributed by atoms with Crippen molar-refractivity contribution in [3.05, 3.63) is 51.7 Å². The monoisotopic (exact) mass is 236 g/mol. The van der Waals surface area contributed by atoms with Gasteiger partial charge in [-0.25, -0.2) is 4.68 Å². The number of nitrogen functional groups attached to an aromatic ring is 1. The average Bonchev–Trinajstić information content (AvgIpc) is 2.25. The zero-order valence-electron chi connectivity index (χ0n) is 8.30. The molecule has 0 amide bonds. The van der Waals surface area contributed by atoms with Gasteiger partial charge in [-0.2, -0.15) is 5.10 Å². The third-order valence-electron chi connectivity index (χ3n) is 2.07. The number of rotatable bonds is 2. The SMILES string of the molecule is Nc1cnn(Cc2ccncc2Cl)c(=O)c1. The van der Waals surface area contributed by atoms with E-state index in [0.29, 0.717) is 17.3 Å². The number of hydrogen-bond acceptors (Lipinski definition) is 4. The molecule has 0 saturated heterocycles. The molecule has 0 fully saturated rings. The Kier molecular flexibility index (Phi) is 2.87. The minimum absolute atomic E-state index is 0.257. The summed E-state index contributed by atoms with van der Waals surface area (Å²) in [5.41, 5.74) is 6.32. The van der Waals surface area contributed by atoms with Crippen LogP contribution in [0.25, 0.3) is 0 Å². The van der Waals surface area contributed by atoms with Gasteiger partial charge in [0, 0.05) is 18.5 Å². The first-order valence-electron chi connectivity index (χ1n) is 4.58. The molecule has 0 unspecified atom stereocenters. The lowest BCUT2D eigenvalue weighted by atomic mass is 10.3. The van der Waals surface area contributed by atoms with Crippen LogP contribution in [0, 0.1) is 0 Å². The Bertz CT molecular complexity index is 567. The Morgan fingerprint density at radius 3 is 2.94 bits per heavy atom. The normalized spacial score (nSPS) is 10.3. The van der Waals surface area contributed by atoms with Gasteiger partial charge in [0.05, 0.1) is 23.5 Å². The third-order valence-corrected chi connectivity index (χ3v) is 2.41. The molecule has 0 aliphatic carbocycles. The first-order chi connectivity index (χ1) is 7.66. The first-order valence-corrected chi connectivity index (χ1v) is 4.95. The van der Waals surface area contributed by atoms with Gasteiger partial charge in [-0.1, -0.05) is 11.6 Å². The Morgan fingerprint density at radius 2 is 2.25 bits per heavy atom. The van der Waals surface area contributed by atoms with Gasteiger partial charge in [-0.05, 0) is 11.6 Å². The maximum atomic E-state index is 11.5. The lowest BCUT2D eigenvalue weighted by Gasteiger charge is -2.05. The molecule has 16 heavy (non-hydrogen) atoms. The zero-order chi connectivity index (χ0) is 11.5. The molecule has 2 aromatic rings. The topological polar surface area (TPSA) is 73.8 Å². The van der Waals surface area contributed by atoms with E-state index in [0.717, 1.165) is 5.56 Å². The maximum absolute atomic E-state index is 11.5. The van der Waals surface area contributed by atoms with Crippen LogP contribution in [0.4, 0.5) is 5.69 Å². The van der Waals surface area contributed by atoms with Crippen LogP contribution in [-0.2, 0) is 6.54 Å². The summed E-state index contributed by atoms with van der Waals surface area (Å²) < 4.78 is 1.29. The number of hydrogen-bond donors (Lipinski definition) is 1. The molecule has 82 valence electrons. The fraction of sp³-hybridized carbons (Fsp3) is 0.100. The molecular formula is C10H9ClN4O. The molecular weight excluding hydrogens is 228 g/mol. The van der Waals surface area contributed by atoms with Gasteiger partial charge in [0.15, 0.2) is 0 Å². The van der Waals surface area contributed by atoms with E-state index < -0.39 is 0 Å². The van der Waals surface area contributed by atoms with Crippen LogP contribution in [0.15, 0.2) is 35.5 Å². The van der Waals surface area contributed by atoms with Gasteiger partial charge in [0.2, 0.25) is 0 Å². The fourth-order valence-electron chi connectivity index (χ4n) is 1.26. The summed E-state index contributed by atoms with van der Waals surface area (Å²) in [6, 6.07) is 3.06. The van der Waals surface area contributed by atoms with E-state index in [2.05, 4.69) is 10.1 Å². The summed E-state index contributed by atoms with van der Waals surface area (Å²) in [6.07, 6.45) is 4.57. The van der Waals surface area contributed by atoms with Gasteiger partial charge in [-0.15, -0.1) is 0 Å². The van der Waals surface area contributed by atoms with Gasteiger partial charge < -0.3 is 5.73 Å². The van der Waals surface area contributed by atoms with Crippen molar-refractivity contribution >= 4 is 17.3 Å². The van der Waals surface area contributed by atoms with Crippen LogP contribution >= 0.6 is 11.6 Å². The predicted molar refractivity (Wildman–Crippen MR) is 61.3 cm³/mol. The second-order valence-electron chi connectivity index (χ2n) is 3.25. The van der Waals surface area contributed by atoms with Crippen molar-refractivity contribution in [1.82, 2.24) is 14.8 Å². The molecule has 2 N–H and O–H groups in total. The van der Waals surface area contributed by atoms with E-state index in [1.54, 1.807) is 12.3 Å². The number of anilines is 1. The lowest BCUT2D eigenvalue weighted by Crippen LogP contribution is -2.23. The molecule has 0 bridgehead atoms. The second kappa shape index (κ2) is 4.32. The summed E-state index contributed by atoms with van der Waals surface area (Å²) >= 11 is 5.93. The summed E-state index contributed by atoms with van der Waals surface area (Å²) in [5, 5.41) is 4.42. The van der Waals surface area contributed by atoms with Gasteiger partial charge >= 0.3 is 0 Å². The molecule has 0 aliphatic heterocycles. The summed E-state index contributed by atoms with van der Waals surface area (Å²) in [5.74, 6) is 0. The Morgan fingerprint density at radius 1 is 1.44 bits per heavy atom. The molecule has 2 heterocycles. The summed E-state index contributed by atoms with van der Waals surface area (Å²) in [4.78, 5) is 15.4. The molecule has 0 aromatic carbocycles. The van der Waals surface area contributed by atoms with Crippen molar-refractivity contribution in [2.75, 3.05) is 5.73 Å². The van der Waals surface area contributed by atoms with E-state index in [9.17, 15) is 4.79 Å². The van der Waals surface area contributed by atoms with Gasteiger partial charge in [0.1, 0.15) is 0 Å². The summed E-state index contributed by atoms with van der Waals surface area (Å²) in [7, 11) is 0. The van der Waals surface area contributed by atoms with Crippen molar-refractivity contribution in [2.24, 2.45) is 0 Å². The van der Waals surface area contributed by atoms with Crippen molar-refractivity contribution in [3.63, 3.8) is 0 Å². The molecule has 2 aromatic heterocycles. The standard InChI is InChI=1S/C10H9ClN4O/c11-9-5-13-2-1-7(9)6-15-10(16)3-8(12)4-14-15/h1-5H,6,12H2. The van der Waals surface area contributed by atoms with Gasteiger partial charge in [-0.3, -0.25) is 9.78 Å². The van der Waals surface area contributed by atoms with Crippen LogP contribution in [0.2, 0.25) is 5.02 Å². The number of aromatic nitrogens is 3. The summed E-state index contributed by atoms with van der Waals surface area (Å²) in [6.45, 7) is 0.306. The minimum atomic E-state index is -0.257. The minimum Gasteiger partial charge on any atom is -0.397 e. The van der Waals surface area contributed by atoms with Crippen LogP contribution in [0.3, 0.4) is 0 Å². The number of nitrogens with two attached hydrogens (primary N) is 1. The molecule has 2 rings (SSSR count). The Hall–Kier alpha value is -1.88. The molecule has 5 nitrogen and oxygen atoms in total. The van der Waals surface area contributed by atoms with Crippen molar-refractivity contribution in [3.8, 4) is 0 Å². The van der Waals surface area contributed by atoms with E-state index >= 15 is 0 Å². The molecule has 6 heteroatoms. The van der Waals surface area contributed by atoms with Crippen LogP contribution < -0.4 is 11.3 Å². The van der Waals surface area contributed by atoms with E-state index in [1.165, 1.54) is 23.1 Å². The van der Waals surface area contributed by atoms with E-state index in [1.807, 2.05) is 0 Å². The Balaban J connectivity index is 2.35. The predicted octanol–water partition coefficient (Wildman–Crippen LogP) is 0.922. The van der Waals surface area contributed by atoms with Crippen molar-refractivity contribution in [1.29, 1.82) is 0 Å². The molecule has 0 atom stereocenters. The smallest absolute Gasteiger partial charge is 0.269 e. The second-order valence-corrected chi connectivity index (χ2v) is 3.66. The van der Waals surface area contributed by atoms with Crippen LogP contribution in [-0.4, -0.2) is 14.8 Å². The number of pyridine rings is 1. The maximum Gasteiger partial charge on any atom is 0.269 e. The van der Waals surface area contributed by atoms with Crippen molar-refractivity contribution < 1.29 is 0 Å². The molecule has 0 saturated carbocycles. The van der Waals surface area contributed by atoms with Gasteiger partial charge in [0.25, 0.3) is 5.56 Å². The molecule has 0 aliphatic rings. The quantitative estimate of drug-likeness (QED) is 0.842. The average molecular weight is 237 g/mol.